The van der Waals surface area contributed by atoms with Gasteiger partial charge in [-0.3, -0.25) is 10.00 Å². The highest BCUT2D eigenvalue weighted by Gasteiger charge is 2.14. The lowest BCUT2D eigenvalue weighted by molar-refractivity contribution is 0.251. The predicted molar refractivity (Wildman–Crippen MR) is 94.4 cm³/mol. The van der Waals surface area contributed by atoms with Gasteiger partial charge >= 0.3 is 6.03 Å². The van der Waals surface area contributed by atoms with Gasteiger partial charge in [0.15, 0.2) is 5.82 Å². The molecule has 0 saturated carbocycles. The Morgan fingerprint density at radius 2 is 2.00 bits per heavy atom. The van der Waals surface area contributed by atoms with Crippen LogP contribution in [-0.2, 0) is 13.6 Å². The van der Waals surface area contributed by atoms with Gasteiger partial charge in [0.2, 0.25) is 0 Å². The molecule has 3 aromatic rings. The molecule has 24 heavy (non-hydrogen) atoms. The SMILES string of the molecule is CSc1cnn(-c2ccccc2)c1NC(=O)NCc1ccnn1C. The first-order valence-corrected chi connectivity index (χ1v) is 8.60. The van der Waals surface area contributed by atoms with E-state index in [1.807, 2.05) is 49.7 Å². The van der Waals surface area contributed by atoms with E-state index in [1.165, 1.54) is 11.8 Å². The number of benzene rings is 1. The zero-order chi connectivity index (χ0) is 16.9. The quantitative estimate of drug-likeness (QED) is 0.699. The first kappa shape index (κ1) is 16.1. The minimum Gasteiger partial charge on any atom is -0.332 e. The van der Waals surface area contributed by atoms with E-state index in [4.69, 9.17) is 0 Å². The number of urea groups is 1. The molecule has 8 heteroatoms. The van der Waals surface area contributed by atoms with Crippen molar-refractivity contribution in [1.82, 2.24) is 24.9 Å². The van der Waals surface area contributed by atoms with Crippen LogP contribution >= 0.6 is 11.8 Å². The Morgan fingerprint density at radius 3 is 2.67 bits per heavy atom. The van der Waals surface area contributed by atoms with Gasteiger partial charge in [0.05, 0.1) is 29.0 Å². The molecule has 0 bridgehead atoms. The number of aryl methyl sites for hydroxylation is 1. The van der Waals surface area contributed by atoms with Crippen molar-refractivity contribution in [3.05, 3.63) is 54.5 Å². The largest absolute Gasteiger partial charge is 0.332 e. The number of para-hydroxylation sites is 1. The smallest absolute Gasteiger partial charge is 0.320 e. The van der Waals surface area contributed by atoms with Crippen LogP contribution in [-0.4, -0.2) is 31.8 Å². The maximum absolute atomic E-state index is 12.3. The topological polar surface area (TPSA) is 76.8 Å². The molecule has 0 radical (unpaired) electrons. The molecule has 0 aliphatic rings. The van der Waals surface area contributed by atoms with Crippen LogP contribution < -0.4 is 10.6 Å². The summed E-state index contributed by atoms with van der Waals surface area (Å²) in [5, 5.41) is 14.2. The fourth-order valence-electron chi connectivity index (χ4n) is 2.26. The lowest BCUT2D eigenvalue weighted by Crippen LogP contribution is -2.30. The Balaban J connectivity index is 1.75. The lowest BCUT2D eigenvalue weighted by atomic mass is 10.3. The van der Waals surface area contributed by atoms with E-state index in [2.05, 4.69) is 20.8 Å². The third-order valence-electron chi connectivity index (χ3n) is 3.54. The Kier molecular flexibility index (Phi) is 4.85. The highest BCUT2D eigenvalue weighted by molar-refractivity contribution is 7.98. The summed E-state index contributed by atoms with van der Waals surface area (Å²) >= 11 is 1.53. The maximum Gasteiger partial charge on any atom is 0.320 e. The molecule has 1 aromatic carbocycles. The van der Waals surface area contributed by atoms with Crippen molar-refractivity contribution < 1.29 is 4.79 Å². The second-order valence-electron chi connectivity index (χ2n) is 5.06. The van der Waals surface area contributed by atoms with Crippen LogP contribution in [0.2, 0.25) is 0 Å². The van der Waals surface area contributed by atoms with Gasteiger partial charge in [-0.15, -0.1) is 11.8 Å². The Bertz CT molecular complexity index is 826. The third kappa shape index (κ3) is 3.43. The van der Waals surface area contributed by atoms with Crippen molar-refractivity contribution >= 4 is 23.6 Å². The van der Waals surface area contributed by atoms with Crippen molar-refractivity contribution in [2.24, 2.45) is 7.05 Å². The second kappa shape index (κ2) is 7.22. The average molecular weight is 342 g/mol. The van der Waals surface area contributed by atoms with Crippen molar-refractivity contribution in [2.75, 3.05) is 11.6 Å². The number of carbonyl (C=O) groups excluding carboxylic acids is 1. The molecule has 0 aliphatic carbocycles. The van der Waals surface area contributed by atoms with E-state index in [1.54, 1.807) is 21.8 Å². The first-order valence-electron chi connectivity index (χ1n) is 7.38. The molecule has 2 aromatic heterocycles. The third-order valence-corrected chi connectivity index (χ3v) is 4.28. The van der Waals surface area contributed by atoms with Crippen LogP contribution in [0.5, 0.6) is 0 Å². The monoisotopic (exact) mass is 342 g/mol. The van der Waals surface area contributed by atoms with E-state index in [-0.39, 0.29) is 6.03 Å². The number of nitrogens with one attached hydrogen (secondary N) is 2. The van der Waals surface area contributed by atoms with E-state index in [0.29, 0.717) is 12.4 Å². The number of thioether (sulfide) groups is 1. The second-order valence-corrected chi connectivity index (χ2v) is 5.91. The van der Waals surface area contributed by atoms with E-state index in [0.717, 1.165) is 16.3 Å². The van der Waals surface area contributed by atoms with Crippen LogP contribution in [0.25, 0.3) is 5.69 Å². The molecule has 3 rings (SSSR count). The van der Waals surface area contributed by atoms with Gasteiger partial charge in [-0.05, 0) is 24.5 Å². The van der Waals surface area contributed by atoms with Gasteiger partial charge in [-0.1, -0.05) is 18.2 Å². The van der Waals surface area contributed by atoms with Gasteiger partial charge in [0.1, 0.15) is 0 Å². The lowest BCUT2D eigenvalue weighted by Gasteiger charge is -2.11. The van der Waals surface area contributed by atoms with Crippen LogP contribution in [0.15, 0.2) is 53.7 Å². The molecule has 0 fully saturated rings. The summed E-state index contributed by atoms with van der Waals surface area (Å²) < 4.78 is 3.44. The van der Waals surface area contributed by atoms with Crippen molar-refractivity contribution in [2.45, 2.75) is 11.4 Å². The summed E-state index contributed by atoms with van der Waals surface area (Å²) in [6.45, 7) is 0.399. The normalized spacial score (nSPS) is 10.6. The molecular weight excluding hydrogens is 324 g/mol. The Morgan fingerprint density at radius 1 is 1.21 bits per heavy atom. The zero-order valence-electron chi connectivity index (χ0n) is 13.4. The number of hydrogen-bond acceptors (Lipinski definition) is 4. The van der Waals surface area contributed by atoms with Crippen LogP contribution in [0.4, 0.5) is 10.6 Å². The minimum atomic E-state index is -0.288. The molecule has 2 heterocycles. The fraction of sp³-hybridized carbons (Fsp3) is 0.188. The number of nitrogens with zero attached hydrogens (tertiary/aromatic N) is 4. The van der Waals surface area contributed by atoms with Crippen molar-refractivity contribution in [1.29, 1.82) is 0 Å². The van der Waals surface area contributed by atoms with Crippen molar-refractivity contribution in [3.8, 4) is 5.69 Å². The van der Waals surface area contributed by atoms with E-state index in [9.17, 15) is 4.79 Å². The molecule has 0 atom stereocenters. The molecular formula is C16H18N6OS. The van der Waals surface area contributed by atoms with Gasteiger partial charge in [-0.2, -0.15) is 10.2 Å². The molecule has 2 N–H and O–H groups in total. The molecule has 0 aliphatic heterocycles. The molecule has 7 nitrogen and oxygen atoms in total. The number of rotatable bonds is 5. The summed E-state index contributed by atoms with van der Waals surface area (Å²) in [5.41, 5.74) is 1.81. The summed E-state index contributed by atoms with van der Waals surface area (Å²) in [7, 11) is 1.84. The van der Waals surface area contributed by atoms with E-state index < -0.39 is 0 Å². The summed E-state index contributed by atoms with van der Waals surface area (Å²) in [4.78, 5) is 13.2. The molecule has 0 unspecified atom stereocenters. The number of anilines is 1. The zero-order valence-corrected chi connectivity index (χ0v) is 14.2. The van der Waals surface area contributed by atoms with Crippen LogP contribution in [0.3, 0.4) is 0 Å². The van der Waals surface area contributed by atoms with Gasteiger partial charge in [-0.25, -0.2) is 9.48 Å². The number of hydrogen-bond donors (Lipinski definition) is 2. The van der Waals surface area contributed by atoms with Crippen molar-refractivity contribution in [3.63, 3.8) is 0 Å². The highest BCUT2D eigenvalue weighted by Crippen LogP contribution is 2.27. The fourth-order valence-corrected chi connectivity index (χ4v) is 2.74. The van der Waals surface area contributed by atoms with Gasteiger partial charge in [0.25, 0.3) is 0 Å². The number of carbonyl (C=O) groups is 1. The first-order chi connectivity index (χ1) is 11.7. The molecule has 0 saturated heterocycles. The Hall–Kier alpha value is -2.74. The molecule has 124 valence electrons. The van der Waals surface area contributed by atoms with Crippen LogP contribution in [0.1, 0.15) is 5.69 Å². The number of amides is 2. The molecule has 2 amide bonds. The van der Waals surface area contributed by atoms with Gasteiger partial charge in [0, 0.05) is 13.2 Å². The minimum absolute atomic E-state index is 0.288. The summed E-state index contributed by atoms with van der Waals surface area (Å²) in [6.07, 6.45) is 5.39. The summed E-state index contributed by atoms with van der Waals surface area (Å²) in [6, 6.07) is 11.3. The van der Waals surface area contributed by atoms with Gasteiger partial charge < -0.3 is 5.32 Å². The highest BCUT2D eigenvalue weighted by atomic mass is 32.2. The molecule has 0 spiro atoms. The van der Waals surface area contributed by atoms with Crippen LogP contribution in [0, 0.1) is 0 Å². The Labute approximate surface area is 144 Å². The standard InChI is InChI=1S/C16H18N6OS/c1-21-13(8-9-18-21)10-17-16(23)20-15-14(24-2)11-19-22(15)12-6-4-3-5-7-12/h3-9,11H,10H2,1-2H3,(H2,17,20,23). The maximum atomic E-state index is 12.3. The average Bonchev–Trinajstić information content (AvgIpc) is 3.19. The predicted octanol–water partition coefficient (Wildman–Crippen LogP) is 2.65. The number of aromatic nitrogens is 4. The van der Waals surface area contributed by atoms with E-state index >= 15 is 0 Å². The summed E-state index contributed by atoms with van der Waals surface area (Å²) in [5.74, 6) is 0.649.